The van der Waals surface area contributed by atoms with E-state index in [0.29, 0.717) is 23.0 Å². The quantitative estimate of drug-likeness (QED) is 0.130. The molecule has 0 spiro atoms. The van der Waals surface area contributed by atoms with Gasteiger partial charge in [-0.25, -0.2) is 14.8 Å². The van der Waals surface area contributed by atoms with Crippen LogP contribution in [0.3, 0.4) is 0 Å². The summed E-state index contributed by atoms with van der Waals surface area (Å²) in [6.07, 6.45) is 8.66. The van der Waals surface area contributed by atoms with Gasteiger partial charge in [0.1, 0.15) is 5.82 Å². The Morgan fingerprint density at radius 3 is 2.40 bits per heavy atom. The smallest absolute Gasteiger partial charge is 0.355 e. The number of nitrogens with zero attached hydrogens (tertiary/aromatic N) is 8. The van der Waals surface area contributed by atoms with Crippen LogP contribution in [0.5, 0.6) is 0 Å². The van der Waals surface area contributed by atoms with Gasteiger partial charge in [-0.1, -0.05) is 37.3 Å². The first-order valence-corrected chi connectivity index (χ1v) is 19.2. The van der Waals surface area contributed by atoms with E-state index in [1.165, 1.54) is 6.42 Å². The van der Waals surface area contributed by atoms with Crippen LogP contribution in [0.15, 0.2) is 48.7 Å². The molecule has 2 atom stereocenters. The summed E-state index contributed by atoms with van der Waals surface area (Å²) in [5.74, 6) is 0.497. The zero-order valence-corrected chi connectivity index (χ0v) is 32.5. The number of hydrogen-bond acceptors (Lipinski definition) is 11. The Balaban J connectivity index is 1.03. The Hall–Kier alpha value is -4.46. The van der Waals surface area contributed by atoms with Crippen LogP contribution in [-0.2, 0) is 11.3 Å². The monoisotopic (exact) mass is 735 g/mol. The largest absolute Gasteiger partial charge is 0.476 e. The van der Waals surface area contributed by atoms with Crippen molar-refractivity contribution in [3.8, 4) is 11.1 Å². The van der Waals surface area contributed by atoms with E-state index < -0.39 is 5.97 Å². The average molecular weight is 736 g/mol. The third kappa shape index (κ3) is 6.67. The summed E-state index contributed by atoms with van der Waals surface area (Å²) < 4.78 is 10.0. The first kappa shape index (κ1) is 35.6. The maximum absolute atomic E-state index is 12.7. The van der Waals surface area contributed by atoms with Crippen molar-refractivity contribution in [2.45, 2.75) is 78.4 Å². The number of thiazole rings is 1. The molecule has 12 nitrogen and oxygen atoms in total. The van der Waals surface area contributed by atoms with Gasteiger partial charge in [-0.2, -0.15) is 5.10 Å². The van der Waals surface area contributed by atoms with Gasteiger partial charge in [0.2, 0.25) is 0 Å². The highest BCUT2D eigenvalue weighted by atomic mass is 32.1. The van der Waals surface area contributed by atoms with Crippen molar-refractivity contribution in [2.24, 2.45) is 16.2 Å². The van der Waals surface area contributed by atoms with Gasteiger partial charge in [0.25, 0.3) is 0 Å². The molecule has 4 aliphatic carbocycles. The minimum absolute atomic E-state index is 0.0288. The van der Waals surface area contributed by atoms with Crippen LogP contribution >= 0.6 is 11.3 Å². The fourth-order valence-corrected chi connectivity index (χ4v) is 11.6. The van der Waals surface area contributed by atoms with E-state index in [1.54, 1.807) is 16.2 Å². The van der Waals surface area contributed by atoms with E-state index in [0.717, 1.165) is 84.0 Å². The van der Waals surface area contributed by atoms with Crippen molar-refractivity contribution in [2.75, 3.05) is 44.5 Å². The summed E-state index contributed by atoms with van der Waals surface area (Å²) in [6.45, 7) is 11.4. The first-order chi connectivity index (χ1) is 25.2. The second-order valence-corrected chi connectivity index (χ2v) is 18.1. The van der Waals surface area contributed by atoms with Gasteiger partial charge >= 0.3 is 5.97 Å². The highest BCUT2D eigenvalue weighted by molar-refractivity contribution is 7.22. The number of pyridine rings is 1. The Bertz CT molecular complexity index is 2160. The predicted octanol–water partition coefficient (Wildman–Crippen LogP) is 7.87. The fourth-order valence-electron chi connectivity index (χ4n) is 10.7. The molecule has 1 aromatic carbocycles. The molecule has 4 fully saturated rings. The molecule has 4 saturated carbocycles. The number of fused-ring (bicyclic) bond motifs is 1. The molecular weight excluding hydrogens is 687 g/mol. The van der Waals surface area contributed by atoms with Gasteiger partial charge < -0.3 is 25.0 Å². The normalized spacial score (nSPS) is 26.1. The average Bonchev–Trinajstić information content (AvgIpc) is 3.65. The first-order valence-electron chi connectivity index (χ1n) is 18.4. The minimum Gasteiger partial charge on any atom is -0.476 e. The summed E-state index contributed by atoms with van der Waals surface area (Å²) in [5, 5.41) is 28.2. The molecule has 4 heterocycles. The van der Waals surface area contributed by atoms with Crippen LogP contribution < -0.4 is 10.2 Å². The zero-order chi connectivity index (χ0) is 37.3. The predicted molar refractivity (Wildman–Crippen MR) is 208 cm³/mol. The molecule has 0 aliphatic heterocycles. The van der Waals surface area contributed by atoms with Crippen molar-refractivity contribution < 1.29 is 14.6 Å². The van der Waals surface area contributed by atoms with Crippen LogP contribution in [-0.4, -0.2) is 85.8 Å². The number of ether oxygens (including phenoxy) is 1. The maximum atomic E-state index is 12.7. The fraction of sp³-hybridized carbons (Fsp3) is 0.500. The molecule has 0 saturated heterocycles. The van der Waals surface area contributed by atoms with E-state index in [4.69, 9.17) is 9.84 Å². The van der Waals surface area contributed by atoms with E-state index >= 15 is 0 Å². The molecule has 0 amide bonds. The summed E-state index contributed by atoms with van der Waals surface area (Å²) in [7, 11) is 6.01. The number of nitrogens with one attached hydrogen (secondary N) is 1. The Morgan fingerprint density at radius 2 is 1.70 bits per heavy atom. The minimum atomic E-state index is -1.10. The third-order valence-electron chi connectivity index (χ3n) is 11.7. The number of para-hydroxylation sites is 1. The number of carboxylic acid groups (broad SMARTS) is 1. The van der Waals surface area contributed by atoms with Gasteiger partial charge in [0.05, 0.1) is 28.6 Å². The third-order valence-corrected chi connectivity index (χ3v) is 12.7. The lowest BCUT2D eigenvalue weighted by Gasteiger charge is -2.69. The highest BCUT2D eigenvalue weighted by Crippen LogP contribution is 2.72. The summed E-state index contributed by atoms with van der Waals surface area (Å²) in [4.78, 5) is 26.0. The Labute approximate surface area is 314 Å². The van der Waals surface area contributed by atoms with Crippen LogP contribution in [0.1, 0.15) is 74.1 Å². The summed E-state index contributed by atoms with van der Waals surface area (Å²) in [5.41, 5.74) is 4.49. The molecule has 4 aliphatic rings. The zero-order valence-electron chi connectivity index (χ0n) is 31.7. The topological polar surface area (TPSA) is 134 Å². The molecule has 53 heavy (non-hydrogen) atoms. The lowest BCUT2D eigenvalue weighted by molar-refractivity contribution is -0.248. The van der Waals surface area contributed by atoms with Gasteiger partial charge in [-0.15, -0.1) is 10.2 Å². The van der Waals surface area contributed by atoms with E-state index in [9.17, 15) is 9.90 Å². The van der Waals surface area contributed by atoms with Gasteiger partial charge in [-0.3, -0.25) is 4.68 Å². The molecule has 9 rings (SSSR count). The summed E-state index contributed by atoms with van der Waals surface area (Å²) >= 11 is 1.55. The Morgan fingerprint density at radius 1 is 0.943 bits per heavy atom. The molecule has 278 valence electrons. The van der Waals surface area contributed by atoms with Crippen LogP contribution in [0.4, 0.5) is 22.6 Å². The highest BCUT2D eigenvalue weighted by Gasteiger charge is 2.66. The number of benzene rings is 1. The van der Waals surface area contributed by atoms with E-state index in [-0.39, 0.29) is 27.5 Å². The van der Waals surface area contributed by atoms with Crippen molar-refractivity contribution >= 4 is 50.1 Å². The molecule has 5 aromatic rings. The Kier molecular flexibility index (Phi) is 8.62. The van der Waals surface area contributed by atoms with Gasteiger partial charge in [-0.05, 0) is 119 Å². The maximum Gasteiger partial charge on any atom is 0.355 e. The number of anilines is 4. The standard InChI is InChI=1S/C40H49N9O3S/c1-25-16-32(45-46-34(25)44-36-42-29-10-8-9-11-30(29)53-36)48(7)31-13-12-27(33(43-31)35(50)51)28-17-41-49(26(28)2)24-39-19-37(3)18-38(4,20-39)22-40(21-37,23-39)52-15-14-47(5)6/h8-13,16-17H,14-15,18-24H2,1-7H3,(H,50,51)(H,42,44,46). The van der Waals surface area contributed by atoms with Crippen molar-refractivity contribution in [3.05, 3.63) is 65.6 Å². The molecule has 2 N–H and O–H groups in total. The molecule has 13 heteroatoms. The lowest BCUT2D eigenvalue weighted by Crippen LogP contribution is -2.64. The molecule has 4 aromatic heterocycles. The van der Waals surface area contributed by atoms with Crippen LogP contribution in [0.25, 0.3) is 21.3 Å². The number of carbonyl (C=O) groups is 1. The number of carboxylic acids is 1. The van der Waals surface area contributed by atoms with Crippen LogP contribution in [0.2, 0.25) is 0 Å². The SMILES string of the molecule is Cc1cc(N(C)c2ccc(-c3cnn(CC45CC6(C)CC(C)(C4)CC(OCCN(C)C)(C6)C5)c3C)c(C(=O)O)n2)nnc1Nc1nc2ccccc2s1. The number of aromatic nitrogens is 6. The number of hydrogen-bond donors (Lipinski definition) is 2. The summed E-state index contributed by atoms with van der Waals surface area (Å²) in [6, 6.07) is 13.5. The van der Waals surface area contributed by atoms with Crippen molar-refractivity contribution in [3.63, 3.8) is 0 Å². The van der Waals surface area contributed by atoms with Gasteiger partial charge in [0, 0.05) is 37.0 Å². The van der Waals surface area contributed by atoms with E-state index in [2.05, 4.69) is 63.0 Å². The number of aromatic carboxylic acids is 1. The van der Waals surface area contributed by atoms with Crippen LogP contribution in [0, 0.1) is 30.1 Å². The molecular formula is C40H49N9O3S. The van der Waals surface area contributed by atoms with E-state index in [1.807, 2.05) is 69.6 Å². The second kappa shape index (κ2) is 12.8. The lowest BCUT2D eigenvalue weighted by atomic mass is 9.39. The van der Waals surface area contributed by atoms with Crippen molar-refractivity contribution in [1.82, 2.24) is 34.8 Å². The van der Waals surface area contributed by atoms with Gasteiger partial charge in [0.15, 0.2) is 22.5 Å². The second-order valence-electron chi connectivity index (χ2n) is 17.1. The molecule has 2 unspecified atom stereocenters. The number of aryl methyl sites for hydroxylation is 1. The number of likely N-dealkylation sites (N-methyl/N-ethyl adjacent to an activating group) is 1. The molecule has 4 bridgehead atoms. The number of rotatable bonds is 12. The van der Waals surface area contributed by atoms with Crippen molar-refractivity contribution in [1.29, 1.82) is 0 Å². The molecule has 0 radical (unpaired) electrons.